The molecule has 0 spiro atoms. The minimum absolute atomic E-state index is 0.395. The molecule has 0 radical (unpaired) electrons. The highest BCUT2D eigenvalue weighted by Gasteiger charge is 2.30. The molecule has 0 heterocycles. The predicted octanol–water partition coefficient (Wildman–Crippen LogP) is 3.47. The number of hydrogen-bond donors (Lipinski definition) is 1. The second-order valence-corrected chi connectivity index (χ2v) is 5.52. The van der Waals surface area contributed by atoms with Crippen molar-refractivity contribution < 1.29 is 19.4 Å². The summed E-state index contributed by atoms with van der Waals surface area (Å²) in [5, 5.41) is 10.5. The van der Waals surface area contributed by atoms with Crippen molar-refractivity contribution in [1.82, 2.24) is 0 Å². The van der Waals surface area contributed by atoms with Gasteiger partial charge in [-0.15, -0.1) is 0 Å². The standard InChI is InChI=1S/C15H21BrO4/c1-4-5-6-11(15(18)20-3)14(17)12-9-10(16)7-8-13(12)19-2/h7-9,11,14,17H,4-6H2,1-3H3. The Labute approximate surface area is 128 Å². The molecule has 112 valence electrons. The van der Waals surface area contributed by atoms with Crippen molar-refractivity contribution in [3.05, 3.63) is 28.2 Å². The fourth-order valence-electron chi connectivity index (χ4n) is 2.13. The summed E-state index contributed by atoms with van der Waals surface area (Å²) in [7, 11) is 2.88. The van der Waals surface area contributed by atoms with Crippen LogP contribution in [-0.4, -0.2) is 25.3 Å². The zero-order valence-corrected chi connectivity index (χ0v) is 13.6. The van der Waals surface area contributed by atoms with Crippen molar-refractivity contribution in [3.8, 4) is 5.75 Å². The van der Waals surface area contributed by atoms with E-state index in [1.54, 1.807) is 19.2 Å². The van der Waals surface area contributed by atoms with Crippen molar-refractivity contribution in [2.45, 2.75) is 32.3 Å². The van der Waals surface area contributed by atoms with Crippen molar-refractivity contribution in [1.29, 1.82) is 0 Å². The molecule has 0 aliphatic rings. The third-order valence-corrected chi connectivity index (χ3v) is 3.76. The number of hydrogen-bond acceptors (Lipinski definition) is 4. The molecule has 4 nitrogen and oxygen atoms in total. The molecule has 0 bridgehead atoms. The smallest absolute Gasteiger partial charge is 0.311 e. The van der Waals surface area contributed by atoms with Crippen molar-refractivity contribution in [2.24, 2.45) is 5.92 Å². The summed E-state index contributed by atoms with van der Waals surface area (Å²) >= 11 is 3.37. The van der Waals surface area contributed by atoms with Gasteiger partial charge in [0.25, 0.3) is 0 Å². The van der Waals surface area contributed by atoms with Crippen LogP contribution in [0.5, 0.6) is 5.75 Å². The maximum absolute atomic E-state index is 11.9. The fourth-order valence-corrected chi connectivity index (χ4v) is 2.51. The van der Waals surface area contributed by atoms with Gasteiger partial charge in [0.15, 0.2) is 0 Å². The molecule has 0 fully saturated rings. The van der Waals surface area contributed by atoms with E-state index in [-0.39, 0.29) is 0 Å². The highest BCUT2D eigenvalue weighted by atomic mass is 79.9. The minimum atomic E-state index is -0.943. The molecule has 20 heavy (non-hydrogen) atoms. The fraction of sp³-hybridized carbons (Fsp3) is 0.533. The van der Waals surface area contributed by atoms with E-state index in [4.69, 9.17) is 9.47 Å². The zero-order chi connectivity index (χ0) is 15.1. The molecule has 0 aliphatic heterocycles. The Bertz CT molecular complexity index is 447. The maximum atomic E-state index is 11.9. The summed E-state index contributed by atoms with van der Waals surface area (Å²) < 4.78 is 10.9. The third-order valence-electron chi connectivity index (χ3n) is 3.26. The van der Waals surface area contributed by atoms with Gasteiger partial charge in [-0.05, 0) is 24.6 Å². The highest BCUT2D eigenvalue weighted by molar-refractivity contribution is 9.10. The van der Waals surface area contributed by atoms with Crippen LogP contribution in [0.25, 0.3) is 0 Å². The molecular formula is C15H21BrO4. The van der Waals surface area contributed by atoms with E-state index >= 15 is 0 Å². The van der Waals surface area contributed by atoms with Gasteiger partial charge in [-0.1, -0.05) is 35.7 Å². The van der Waals surface area contributed by atoms with Gasteiger partial charge in [0.2, 0.25) is 0 Å². The van der Waals surface area contributed by atoms with E-state index < -0.39 is 18.0 Å². The lowest BCUT2D eigenvalue weighted by atomic mass is 9.90. The number of carbonyl (C=O) groups is 1. The summed E-state index contributed by atoms with van der Waals surface area (Å²) in [6, 6.07) is 5.36. The molecule has 5 heteroatoms. The normalized spacial score (nSPS) is 13.7. The zero-order valence-electron chi connectivity index (χ0n) is 12.1. The van der Waals surface area contributed by atoms with Crippen LogP contribution >= 0.6 is 15.9 Å². The Morgan fingerprint density at radius 2 is 2.10 bits per heavy atom. The first-order valence-electron chi connectivity index (χ1n) is 6.64. The molecule has 0 aliphatic carbocycles. The van der Waals surface area contributed by atoms with E-state index in [1.807, 2.05) is 13.0 Å². The number of ether oxygens (including phenoxy) is 2. The van der Waals surface area contributed by atoms with E-state index in [2.05, 4.69) is 15.9 Å². The predicted molar refractivity (Wildman–Crippen MR) is 80.7 cm³/mol. The number of rotatable bonds is 7. The summed E-state index contributed by atoms with van der Waals surface area (Å²) in [6.07, 6.45) is 1.45. The van der Waals surface area contributed by atoms with Crippen LogP contribution in [-0.2, 0) is 9.53 Å². The summed E-state index contributed by atoms with van der Waals surface area (Å²) in [5.41, 5.74) is 0.591. The summed E-state index contributed by atoms with van der Waals surface area (Å²) in [4.78, 5) is 11.9. The number of carbonyl (C=O) groups excluding carboxylic acids is 1. The lowest BCUT2D eigenvalue weighted by Crippen LogP contribution is -2.24. The molecule has 1 aromatic carbocycles. The second-order valence-electron chi connectivity index (χ2n) is 4.60. The Hall–Kier alpha value is -1.07. The number of aliphatic hydroxyl groups is 1. The van der Waals surface area contributed by atoms with E-state index in [0.717, 1.165) is 17.3 Å². The van der Waals surface area contributed by atoms with Gasteiger partial charge < -0.3 is 14.6 Å². The molecule has 2 atom stereocenters. The van der Waals surface area contributed by atoms with E-state index in [9.17, 15) is 9.90 Å². The van der Waals surface area contributed by atoms with Crippen LogP contribution in [0.3, 0.4) is 0 Å². The van der Waals surface area contributed by atoms with Crippen LogP contribution in [0.1, 0.15) is 37.9 Å². The van der Waals surface area contributed by atoms with Crippen LogP contribution < -0.4 is 4.74 Å². The van der Waals surface area contributed by atoms with Gasteiger partial charge in [-0.25, -0.2) is 0 Å². The number of benzene rings is 1. The number of methoxy groups -OCH3 is 2. The number of aliphatic hydroxyl groups excluding tert-OH is 1. The average molecular weight is 345 g/mol. The monoisotopic (exact) mass is 344 g/mol. The van der Waals surface area contributed by atoms with E-state index in [1.165, 1.54) is 7.11 Å². The highest BCUT2D eigenvalue weighted by Crippen LogP contribution is 2.35. The van der Waals surface area contributed by atoms with Gasteiger partial charge >= 0.3 is 5.97 Å². The molecule has 1 N–H and O–H groups in total. The Morgan fingerprint density at radius 1 is 1.40 bits per heavy atom. The summed E-state index contributed by atoms with van der Waals surface area (Å²) in [6.45, 7) is 2.04. The number of halogens is 1. The van der Waals surface area contributed by atoms with Gasteiger partial charge in [-0.2, -0.15) is 0 Å². The van der Waals surface area contributed by atoms with Crippen LogP contribution in [0.15, 0.2) is 22.7 Å². The molecule has 1 rings (SSSR count). The lowest BCUT2D eigenvalue weighted by Gasteiger charge is -2.22. The first-order valence-corrected chi connectivity index (χ1v) is 7.43. The van der Waals surface area contributed by atoms with Crippen LogP contribution in [0.4, 0.5) is 0 Å². The molecule has 0 saturated carbocycles. The Kier molecular flexibility index (Phi) is 7.02. The topological polar surface area (TPSA) is 55.8 Å². The molecule has 1 aromatic rings. The van der Waals surface area contributed by atoms with Crippen molar-refractivity contribution in [2.75, 3.05) is 14.2 Å². The average Bonchev–Trinajstić information content (AvgIpc) is 2.46. The molecule has 0 amide bonds. The maximum Gasteiger partial charge on any atom is 0.311 e. The quantitative estimate of drug-likeness (QED) is 0.769. The van der Waals surface area contributed by atoms with E-state index in [0.29, 0.717) is 17.7 Å². The number of unbranched alkanes of at least 4 members (excludes halogenated alkanes) is 1. The van der Waals surface area contributed by atoms with Crippen LogP contribution in [0.2, 0.25) is 0 Å². The van der Waals surface area contributed by atoms with Gasteiger partial charge in [-0.3, -0.25) is 4.79 Å². The van der Waals surface area contributed by atoms with Crippen LogP contribution in [0, 0.1) is 5.92 Å². The van der Waals surface area contributed by atoms with Gasteiger partial charge in [0.1, 0.15) is 5.75 Å². The molecular weight excluding hydrogens is 324 g/mol. The lowest BCUT2D eigenvalue weighted by molar-refractivity contribution is -0.150. The first-order chi connectivity index (χ1) is 9.54. The molecule has 2 unspecified atom stereocenters. The number of esters is 1. The minimum Gasteiger partial charge on any atom is -0.496 e. The Morgan fingerprint density at radius 3 is 2.65 bits per heavy atom. The third kappa shape index (κ3) is 4.21. The molecule has 0 saturated heterocycles. The van der Waals surface area contributed by atoms with Gasteiger partial charge in [0, 0.05) is 10.0 Å². The Balaban J connectivity index is 3.07. The summed E-state index contributed by atoms with van der Waals surface area (Å²) in [5.74, 6) is -0.415. The van der Waals surface area contributed by atoms with Crippen molar-refractivity contribution >= 4 is 21.9 Å². The SMILES string of the molecule is CCCCC(C(=O)OC)C(O)c1cc(Br)ccc1OC. The largest absolute Gasteiger partial charge is 0.496 e. The molecule has 0 aromatic heterocycles. The second kappa shape index (κ2) is 8.27. The van der Waals surface area contributed by atoms with Gasteiger partial charge in [0.05, 0.1) is 26.2 Å². The van der Waals surface area contributed by atoms with Crippen molar-refractivity contribution in [3.63, 3.8) is 0 Å². The first kappa shape index (κ1) is 17.0.